The van der Waals surface area contributed by atoms with E-state index in [-0.39, 0.29) is 18.5 Å². The summed E-state index contributed by atoms with van der Waals surface area (Å²) < 4.78 is 5.48. The van der Waals surface area contributed by atoms with E-state index >= 15 is 0 Å². The van der Waals surface area contributed by atoms with Crippen molar-refractivity contribution in [1.82, 2.24) is 5.32 Å². The van der Waals surface area contributed by atoms with Crippen LogP contribution >= 0.6 is 0 Å². The molecule has 6 nitrogen and oxygen atoms in total. The summed E-state index contributed by atoms with van der Waals surface area (Å²) >= 11 is 0. The van der Waals surface area contributed by atoms with Crippen LogP contribution in [-0.2, 0) is 14.3 Å². The molecule has 0 bridgehead atoms. The Balaban J connectivity index is 3.42. The Kier molecular flexibility index (Phi) is 68.4. The number of rotatable bonds is 69. The number of unbranched alkanes of at least 4 members (excludes halogenated alkanes) is 54. The Morgan fingerprint density at radius 1 is 0.350 bits per heavy atom. The number of ether oxygens (including phenoxy) is 1. The highest BCUT2D eigenvalue weighted by Crippen LogP contribution is 2.19. The second-order valence-corrected chi connectivity index (χ2v) is 25.3. The number of aliphatic hydroxyl groups is 2. The Morgan fingerprint density at radius 2 is 0.625 bits per heavy atom. The van der Waals surface area contributed by atoms with Crippen LogP contribution in [0.1, 0.15) is 412 Å². The van der Waals surface area contributed by atoms with Crippen molar-refractivity contribution in [3.63, 3.8) is 0 Å². The number of allylic oxidation sites excluding steroid dienone is 4. The molecule has 3 N–H and O–H groups in total. The molecule has 0 rings (SSSR count). The average Bonchev–Trinajstić information content (AvgIpc) is 3.46. The van der Waals surface area contributed by atoms with Gasteiger partial charge in [0.2, 0.25) is 5.91 Å². The van der Waals surface area contributed by atoms with Gasteiger partial charge in [-0.1, -0.05) is 366 Å². The van der Waals surface area contributed by atoms with E-state index in [2.05, 4.69) is 43.5 Å². The van der Waals surface area contributed by atoms with Crippen molar-refractivity contribution in [1.29, 1.82) is 0 Å². The first-order chi connectivity index (χ1) is 39.5. The van der Waals surface area contributed by atoms with Gasteiger partial charge in [-0.05, 0) is 57.8 Å². The first-order valence-corrected chi connectivity index (χ1v) is 36.6. The molecule has 6 heteroatoms. The van der Waals surface area contributed by atoms with E-state index in [0.29, 0.717) is 25.9 Å². The summed E-state index contributed by atoms with van der Waals surface area (Å²) in [6.45, 7) is 4.99. The fourth-order valence-corrected chi connectivity index (χ4v) is 11.7. The van der Waals surface area contributed by atoms with Crippen molar-refractivity contribution in [3.05, 3.63) is 24.3 Å². The van der Waals surface area contributed by atoms with Gasteiger partial charge < -0.3 is 20.3 Å². The van der Waals surface area contributed by atoms with Crippen LogP contribution in [0.2, 0.25) is 0 Å². The fraction of sp³-hybridized carbons (Fsp3) is 0.919. The molecule has 2 atom stereocenters. The molecule has 1 amide bonds. The monoisotopic (exact) mass is 1130 g/mol. The topological polar surface area (TPSA) is 95.9 Å². The molecule has 2 unspecified atom stereocenters. The number of hydrogen-bond donors (Lipinski definition) is 3. The van der Waals surface area contributed by atoms with Crippen LogP contribution in [-0.4, -0.2) is 47.4 Å². The van der Waals surface area contributed by atoms with Crippen molar-refractivity contribution in [3.8, 4) is 0 Å². The first kappa shape index (κ1) is 78.3. The summed E-state index contributed by atoms with van der Waals surface area (Å²) in [4.78, 5) is 24.6. The van der Waals surface area contributed by atoms with Crippen LogP contribution in [0.3, 0.4) is 0 Å². The Hall–Kier alpha value is -1.66. The van der Waals surface area contributed by atoms with E-state index in [1.54, 1.807) is 0 Å². The van der Waals surface area contributed by atoms with Crippen LogP contribution in [0.25, 0.3) is 0 Å². The molecular weight excluding hydrogens is 983 g/mol. The highest BCUT2D eigenvalue weighted by molar-refractivity contribution is 5.76. The predicted octanol–water partition coefficient (Wildman–Crippen LogP) is 23.7. The second-order valence-electron chi connectivity index (χ2n) is 25.3. The third-order valence-corrected chi connectivity index (χ3v) is 17.3. The third-order valence-electron chi connectivity index (χ3n) is 17.3. The lowest BCUT2D eigenvalue weighted by atomic mass is 10.0. The van der Waals surface area contributed by atoms with Gasteiger partial charge >= 0.3 is 5.97 Å². The summed E-state index contributed by atoms with van der Waals surface area (Å²) in [5.74, 6) is -0.0245. The van der Waals surface area contributed by atoms with Gasteiger partial charge in [0, 0.05) is 12.8 Å². The van der Waals surface area contributed by atoms with Gasteiger partial charge in [0.15, 0.2) is 0 Å². The summed E-state index contributed by atoms with van der Waals surface area (Å²) in [7, 11) is 0. The molecule has 0 aromatic heterocycles. The van der Waals surface area contributed by atoms with Crippen molar-refractivity contribution < 1.29 is 24.5 Å². The lowest BCUT2D eigenvalue weighted by Gasteiger charge is -2.22. The third kappa shape index (κ3) is 65.5. The predicted molar refractivity (Wildman–Crippen MR) is 352 cm³/mol. The lowest BCUT2D eigenvalue weighted by Crippen LogP contribution is -2.45. The maximum atomic E-state index is 12.6. The highest BCUT2D eigenvalue weighted by atomic mass is 16.5. The average molecular weight is 1130 g/mol. The Morgan fingerprint density at radius 3 is 0.950 bits per heavy atom. The molecule has 474 valence electrons. The minimum Gasteiger partial charge on any atom is -0.466 e. The van der Waals surface area contributed by atoms with Crippen molar-refractivity contribution in [2.24, 2.45) is 0 Å². The number of amides is 1. The lowest BCUT2D eigenvalue weighted by molar-refractivity contribution is -0.143. The van der Waals surface area contributed by atoms with Crippen LogP contribution in [0.15, 0.2) is 24.3 Å². The van der Waals surface area contributed by atoms with Gasteiger partial charge in [0.25, 0.3) is 0 Å². The zero-order chi connectivity index (χ0) is 57.8. The molecule has 80 heavy (non-hydrogen) atoms. The maximum Gasteiger partial charge on any atom is 0.305 e. The number of carbonyl (C=O) groups excluding carboxylic acids is 2. The minimum absolute atomic E-state index is 0.0115. The van der Waals surface area contributed by atoms with Gasteiger partial charge in [0.1, 0.15) is 0 Å². The van der Waals surface area contributed by atoms with Crippen LogP contribution < -0.4 is 5.32 Å². The van der Waals surface area contributed by atoms with E-state index in [0.717, 1.165) is 44.9 Å². The van der Waals surface area contributed by atoms with Crippen molar-refractivity contribution in [2.75, 3.05) is 13.2 Å². The zero-order valence-electron chi connectivity index (χ0n) is 54.3. The summed E-state index contributed by atoms with van der Waals surface area (Å²) in [6, 6.07) is -0.548. The molecule has 0 saturated heterocycles. The van der Waals surface area contributed by atoms with E-state index in [1.165, 1.54) is 334 Å². The molecule has 0 spiro atoms. The Labute approximate surface area is 501 Å². The van der Waals surface area contributed by atoms with Crippen LogP contribution in [0, 0.1) is 0 Å². The number of esters is 1. The number of hydrogen-bond acceptors (Lipinski definition) is 5. The quantitative estimate of drug-likeness (QED) is 0.0320. The molecule has 0 radical (unpaired) electrons. The molecule has 0 aliphatic rings. The molecule has 0 heterocycles. The molecule has 0 fully saturated rings. The number of nitrogens with one attached hydrogen (secondary N) is 1. The van der Waals surface area contributed by atoms with Crippen molar-refractivity contribution >= 4 is 11.9 Å². The molecule has 0 saturated carbocycles. The van der Waals surface area contributed by atoms with Gasteiger partial charge in [-0.2, -0.15) is 0 Å². The molecular formula is C74H143NO5. The molecule has 0 aliphatic heterocycles. The minimum atomic E-state index is -0.670. The van der Waals surface area contributed by atoms with Gasteiger partial charge in [-0.3, -0.25) is 9.59 Å². The summed E-state index contributed by atoms with van der Waals surface area (Å²) in [5.41, 5.74) is 0. The van der Waals surface area contributed by atoms with E-state index < -0.39 is 12.1 Å². The van der Waals surface area contributed by atoms with Crippen LogP contribution in [0.5, 0.6) is 0 Å². The Bertz CT molecular complexity index is 1250. The first-order valence-electron chi connectivity index (χ1n) is 36.6. The smallest absolute Gasteiger partial charge is 0.305 e. The van der Waals surface area contributed by atoms with Crippen LogP contribution in [0.4, 0.5) is 0 Å². The van der Waals surface area contributed by atoms with Gasteiger partial charge in [-0.15, -0.1) is 0 Å². The number of carbonyl (C=O) groups is 2. The van der Waals surface area contributed by atoms with Gasteiger partial charge in [0.05, 0.1) is 25.4 Å². The van der Waals surface area contributed by atoms with E-state index in [4.69, 9.17) is 4.74 Å². The SMILES string of the molecule is CCCCCCCCCCCCCCCCCCCCCCCCCCCC(O)C(CO)NC(=O)CCCCCCCCCCC/C=C\C/C=C\CCCCCCCCCCCOC(=O)CCCCCCCCCCCCCCC. The standard InChI is InChI=1S/C74H143NO5/c1-3-5-7-9-11-13-15-17-18-19-20-21-22-24-27-30-33-36-39-43-46-50-54-58-62-66-72(77)71(70-76)75-73(78)67-63-59-55-51-47-44-40-37-34-31-28-25-23-26-29-32-35-38-41-45-49-53-57-61-65-69-80-74(79)68-64-60-56-52-48-42-16-14-12-10-8-6-4-2/h25-26,28-29,71-72,76-77H,3-24,27,30-70H2,1-2H3,(H,75,78)/b28-25-,29-26-. The maximum absolute atomic E-state index is 12.6. The largest absolute Gasteiger partial charge is 0.466 e. The van der Waals surface area contributed by atoms with E-state index in [9.17, 15) is 19.8 Å². The summed E-state index contributed by atoms with van der Waals surface area (Å²) in [5, 5.41) is 23.5. The molecule has 0 aromatic rings. The van der Waals surface area contributed by atoms with E-state index in [1.807, 2.05) is 0 Å². The van der Waals surface area contributed by atoms with Gasteiger partial charge in [-0.25, -0.2) is 0 Å². The highest BCUT2D eigenvalue weighted by Gasteiger charge is 2.20. The zero-order valence-corrected chi connectivity index (χ0v) is 54.3. The normalized spacial score (nSPS) is 12.6. The van der Waals surface area contributed by atoms with Crippen molar-refractivity contribution in [2.45, 2.75) is 424 Å². The number of aliphatic hydroxyl groups excluding tert-OH is 2. The molecule has 0 aromatic carbocycles. The second kappa shape index (κ2) is 69.8. The molecule has 0 aliphatic carbocycles. The fourth-order valence-electron chi connectivity index (χ4n) is 11.7. The summed E-state index contributed by atoms with van der Waals surface area (Å²) in [6.07, 6.45) is 88.0.